The Morgan fingerprint density at radius 2 is 1.94 bits per heavy atom. The van der Waals surface area contributed by atoms with E-state index in [9.17, 15) is 5.11 Å². The summed E-state index contributed by atoms with van der Waals surface area (Å²) in [5.41, 5.74) is 3.02. The number of aliphatic hydroxyl groups excluding tert-OH is 1. The SMILES string of the molecule is CCc1ccc(NCC(O)c2ccccn2)cc1. The molecule has 0 saturated carbocycles. The van der Waals surface area contributed by atoms with Crippen LogP contribution < -0.4 is 5.32 Å². The van der Waals surface area contributed by atoms with Crippen molar-refractivity contribution in [1.29, 1.82) is 0 Å². The molecule has 18 heavy (non-hydrogen) atoms. The van der Waals surface area contributed by atoms with Crippen LogP contribution >= 0.6 is 0 Å². The van der Waals surface area contributed by atoms with Crippen LogP contribution in [0.25, 0.3) is 0 Å². The molecule has 0 radical (unpaired) electrons. The van der Waals surface area contributed by atoms with Crippen LogP contribution in [0.5, 0.6) is 0 Å². The van der Waals surface area contributed by atoms with Crippen molar-refractivity contribution in [1.82, 2.24) is 4.98 Å². The van der Waals surface area contributed by atoms with Gasteiger partial charge >= 0.3 is 0 Å². The predicted octanol–water partition coefficient (Wildman–Crippen LogP) is 2.79. The van der Waals surface area contributed by atoms with Gasteiger partial charge in [0.25, 0.3) is 0 Å². The van der Waals surface area contributed by atoms with Gasteiger partial charge in [-0.1, -0.05) is 25.1 Å². The number of hydrogen-bond donors (Lipinski definition) is 2. The van der Waals surface area contributed by atoms with Gasteiger partial charge in [0.1, 0.15) is 6.10 Å². The van der Waals surface area contributed by atoms with Crippen LogP contribution in [0.3, 0.4) is 0 Å². The maximum absolute atomic E-state index is 9.96. The zero-order valence-electron chi connectivity index (χ0n) is 10.5. The summed E-state index contributed by atoms with van der Waals surface area (Å²) < 4.78 is 0. The highest BCUT2D eigenvalue weighted by Gasteiger charge is 2.07. The number of anilines is 1. The highest BCUT2D eigenvalue weighted by Crippen LogP contribution is 2.13. The van der Waals surface area contributed by atoms with Crippen LogP contribution in [-0.4, -0.2) is 16.6 Å². The van der Waals surface area contributed by atoms with Gasteiger partial charge in [-0.05, 0) is 36.2 Å². The van der Waals surface area contributed by atoms with Crippen LogP contribution in [0, 0.1) is 0 Å². The van der Waals surface area contributed by atoms with Crippen molar-refractivity contribution in [3.63, 3.8) is 0 Å². The van der Waals surface area contributed by atoms with E-state index in [0.717, 1.165) is 12.1 Å². The Labute approximate surface area is 108 Å². The smallest absolute Gasteiger partial charge is 0.113 e. The molecule has 0 aliphatic carbocycles. The molecule has 2 aromatic rings. The van der Waals surface area contributed by atoms with Crippen molar-refractivity contribution >= 4 is 5.69 Å². The lowest BCUT2D eigenvalue weighted by Crippen LogP contribution is -2.13. The summed E-state index contributed by atoms with van der Waals surface area (Å²) >= 11 is 0. The maximum Gasteiger partial charge on any atom is 0.113 e. The van der Waals surface area contributed by atoms with Gasteiger partial charge in [-0.15, -0.1) is 0 Å². The van der Waals surface area contributed by atoms with Crippen molar-refractivity contribution in [2.75, 3.05) is 11.9 Å². The largest absolute Gasteiger partial charge is 0.385 e. The van der Waals surface area contributed by atoms with Crippen molar-refractivity contribution in [3.8, 4) is 0 Å². The van der Waals surface area contributed by atoms with E-state index in [1.54, 1.807) is 6.20 Å². The Bertz CT molecular complexity index is 468. The Morgan fingerprint density at radius 3 is 2.56 bits per heavy atom. The third-order valence-corrected chi connectivity index (χ3v) is 2.89. The number of nitrogens with one attached hydrogen (secondary N) is 1. The van der Waals surface area contributed by atoms with E-state index >= 15 is 0 Å². The number of benzene rings is 1. The lowest BCUT2D eigenvalue weighted by molar-refractivity contribution is 0.187. The summed E-state index contributed by atoms with van der Waals surface area (Å²) in [5, 5.41) is 13.2. The molecule has 2 rings (SSSR count). The summed E-state index contributed by atoms with van der Waals surface area (Å²) in [4.78, 5) is 4.13. The van der Waals surface area contributed by atoms with Gasteiger partial charge in [0.2, 0.25) is 0 Å². The molecule has 2 N–H and O–H groups in total. The van der Waals surface area contributed by atoms with E-state index in [-0.39, 0.29) is 0 Å². The minimum absolute atomic E-state index is 0.461. The Balaban J connectivity index is 1.91. The molecule has 0 amide bonds. The molecule has 0 spiro atoms. The van der Waals surface area contributed by atoms with E-state index in [0.29, 0.717) is 12.2 Å². The zero-order valence-corrected chi connectivity index (χ0v) is 10.5. The number of aromatic nitrogens is 1. The van der Waals surface area contributed by atoms with Crippen molar-refractivity contribution in [2.24, 2.45) is 0 Å². The molecule has 3 heteroatoms. The fraction of sp³-hybridized carbons (Fsp3) is 0.267. The molecule has 0 aliphatic heterocycles. The van der Waals surface area contributed by atoms with Crippen molar-refractivity contribution in [3.05, 3.63) is 59.9 Å². The van der Waals surface area contributed by atoms with Crippen LogP contribution in [-0.2, 0) is 6.42 Å². The van der Waals surface area contributed by atoms with Gasteiger partial charge in [0, 0.05) is 18.4 Å². The summed E-state index contributed by atoms with van der Waals surface area (Å²) in [6.07, 6.45) is 2.14. The summed E-state index contributed by atoms with van der Waals surface area (Å²) in [7, 11) is 0. The molecule has 94 valence electrons. The highest BCUT2D eigenvalue weighted by molar-refractivity contribution is 5.44. The number of pyridine rings is 1. The first-order valence-electron chi connectivity index (χ1n) is 6.21. The first kappa shape index (κ1) is 12.6. The quantitative estimate of drug-likeness (QED) is 0.847. The normalized spacial score (nSPS) is 12.1. The van der Waals surface area contributed by atoms with Crippen LogP contribution in [0.2, 0.25) is 0 Å². The van der Waals surface area contributed by atoms with Gasteiger partial charge in [-0.2, -0.15) is 0 Å². The van der Waals surface area contributed by atoms with Gasteiger partial charge in [-0.3, -0.25) is 4.98 Å². The molecule has 1 atom stereocenters. The number of rotatable bonds is 5. The van der Waals surface area contributed by atoms with Crippen LogP contribution in [0.15, 0.2) is 48.7 Å². The molecule has 0 saturated heterocycles. The minimum Gasteiger partial charge on any atom is -0.385 e. The topological polar surface area (TPSA) is 45.1 Å². The van der Waals surface area contributed by atoms with Crippen LogP contribution in [0.1, 0.15) is 24.3 Å². The maximum atomic E-state index is 9.96. The average molecular weight is 242 g/mol. The second kappa shape index (κ2) is 6.17. The summed E-state index contributed by atoms with van der Waals surface area (Å²) in [6.45, 7) is 2.59. The number of aliphatic hydroxyl groups is 1. The Hall–Kier alpha value is -1.87. The lowest BCUT2D eigenvalue weighted by Gasteiger charge is -2.12. The molecule has 1 unspecified atom stereocenters. The highest BCUT2D eigenvalue weighted by atomic mass is 16.3. The van der Waals surface area contributed by atoms with E-state index in [1.165, 1.54) is 5.56 Å². The first-order valence-corrected chi connectivity index (χ1v) is 6.21. The van der Waals surface area contributed by atoms with Crippen LogP contribution in [0.4, 0.5) is 5.69 Å². The van der Waals surface area contributed by atoms with Crippen molar-refractivity contribution < 1.29 is 5.11 Å². The van der Waals surface area contributed by atoms with E-state index in [4.69, 9.17) is 0 Å². The molecule has 1 aromatic carbocycles. The summed E-state index contributed by atoms with van der Waals surface area (Å²) in [5.74, 6) is 0. The second-order valence-corrected chi connectivity index (χ2v) is 4.20. The molecule has 1 heterocycles. The number of aryl methyl sites for hydroxylation is 1. The molecule has 3 nitrogen and oxygen atoms in total. The fourth-order valence-electron chi connectivity index (χ4n) is 1.75. The molecule has 0 bridgehead atoms. The predicted molar refractivity (Wildman–Crippen MR) is 73.5 cm³/mol. The fourth-order valence-corrected chi connectivity index (χ4v) is 1.75. The molecule has 1 aromatic heterocycles. The average Bonchev–Trinajstić information content (AvgIpc) is 2.46. The monoisotopic (exact) mass is 242 g/mol. The van der Waals surface area contributed by atoms with Gasteiger partial charge < -0.3 is 10.4 Å². The Kier molecular flexibility index (Phi) is 4.31. The molecule has 0 fully saturated rings. The molecular weight excluding hydrogens is 224 g/mol. The van der Waals surface area contributed by atoms with Crippen molar-refractivity contribution in [2.45, 2.75) is 19.4 Å². The molecular formula is C15H18N2O. The first-order chi connectivity index (χ1) is 8.79. The zero-order chi connectivity index (χ0) is 12.8. The van der Waals surface area contributed by atoms with E-state index in [1.807, 2.05) is 30.3 Å². The number of hydrogen-bond acceptors (Lipinski definition) is 3. The van der Waals surface area contributed by atoms with Gasteiger partial charge in [-0.25, -0.2) is 0 Å². The van der Waals surface area contributed by atoms with E-state index < -0.39 is 6.10 Å². The second-order valence-electron chi connectivity index (χ2n) is 4.20. The van der Waals surface area contributed by atoms with Gasteiger partial charge in [0.15, 0.2) is 0 Å². The summed E-state index contributed by atoms with van der Waals surface area (Å²) in [6, 6.07) is 13.8. The Morgan fingerprint density at radius 1 is 1.17 bits per heavy atom. The van der Waals surface area contributed by atoms with E-state index in [2.05, 4.69) is 29.4 Å². The minimum atomic E-state index is -0.586. The third-order valence-electron chi connectivity index (χ3n) is 2.89. The lowest BCUT2D eigenvalue weighted by atomic mass is 10.1. The standard InChI is InChI=1S/C15H18N2O/c1-2-12-6-8-13(9-7-12)17-11-15(18)14-5-3-4-10-16-14/h3-10,15,17-18H,2,11H2,1H3. The third kappa shape index (κ3) is 3.31. The van der Waals surface area contributed by atoms with Gasteiger partial charge in [0.05, 0.1) is 5.69 Å². The number of nitrogens with zero attached hydrogens (tertiary/aromatic N) is 1. The molecule has 0 aliphatic rings.